The summed E-state index contributed by atoms with van der Waals surface area (Å²) in [7, 11) is 0. The lowest BCUT2D eigenvalue weighted by Crippen LogP contribution is -1.98. The van der Waals surface area contributed by atoms with Gasteiger partial charge in [0.15, 0.2) is 5.03 Å². The third-order valence-electron chi connectivity index (χ3n) is 1.54. The Balaban J connectivity index is 3.36. The SMILES string of the molecule is Cc1cnc(S(=O)O)c(C)c1Cl. The van der Waals surface area contributed by atoms with Gasteiger partial charge < -0.3 is 4.55 Å². The Bertz CT molecular complexity index is 340. The zero-order chi connectivity index (χ0) is 9.30. The number of pyridine rings is 1. The maximum atomic E-state index is 10.7. The Morgan fingerprint density at radius 3 is 2.67 bits per heavy atom. The summed E-state index contributed by atoms with van der Waals surface area (Å²) in [6.07, 6.45) is 1.48. The predicted octanol–water partition coefficient (Wildman–Crippen LogP) is 1.93. The molecular weight excluding hydrogens is 198 g/mol. The van der Waals surface area contributed by atoms with Gasteiger partial charge in [-0.3, -0.25) is 0 Å². The van der Waals surface area contributed by atoms with Crippen LogP contribution in [0.3, 0.4) is 0 Å². The summed E-state index contributed by atoms with van der Waals surface area (Å²) in [5, 5.41) is 0.632. The van der Waals surface area contributed by atoms with Gasteiger partial charge in [-0.15, -0.1) is 0 Å². The Morgan fingerprint density at radius 2 is 2.17 bits per heavy atom. The van der Waals surface area contributed by atoms with Gasteiger partial charge in [-0.1, -0.05) is 11.6 Å². The molecule has 0 aliphatic heterocycles. The van der Waals surface area contributed by atoms with Crippen LogP contribution in [0, 0.1) is 13.8 Å². The van der Waals surface area contributed by atoms with Crippen LogP contribution in [-0.2, 0) is 11.1 Å². The zero-order valence-electron chi connectivity index (χ0n) is 6.67. The fraction of sp³-hybridized carbons (Fsp3) is 0.286. The second kappa shape index (κ2) is 3.51. The van der Waals surface area contributed by atoms with Crippen LogP contribution >= 0.6 is 11.6 Å². The predicted molar refractivity (Wildman–Crippen MR) is 47.8 cm³/mol. The van der Waals surface area contributed by atoms with Crippen molar-refractivity contribution >= 4 is 22.7 Å². The van der Waals surface area contributed by atoms with Crippen molar-refractivity contribution in [1.29, 1.82) is 0 Å². The molecule has 12 heavy (non-hydrogen) atoms. The van der Waals surface area contributed by atoms with Gasteiger partial charge in [0.05, 0.1) is 5.02 Å². The minimum atomic E-state index is -2.05. The summed E-state index contributed by atoms with van der Waals surface area (Å²) in [6, 6.07) is 0. The first-order chi connectivity index (χ1) is 5.54. The van der Waals surface area contributed by atoms with Crippen molar-refractivity contribution in [2.75, 3.05) is 0 Å². The highest BCUT2D eigenvalue weighted by molar-refractivity contribution is 7.79. The van der Waals surface area contributed by atoms with E-state index >= 15 is 0 Å². The van der Waals surface area contributed by atoms with E-state index in [0.29, 0.717) is 10.6 Å². The van der Waals surface area contributed by atoms with Crippen LogP contribution in [0.15, 0.2) is 11.2 Å². The van der Waals surface area contributed by atoms with Crippen LogP contribution in [0.5, 0.6) is 0 Å². The van der Waals surface area contributed by atoms with E-state index in [1.54, 1.807) is 13.8 Å². The normalized spacial score (nSPS) is 13.0. The molecule has 0 fully saturated rings. The van der Waals surface area contributed by atoms with Crippen molar-refractivity contribution in [3.05, 3.63) is 22.3 Å². The molecule has 0 aromatic carbocycles. The first kappa shape index (κ1) is 9.64. The molecule has 0 radical (unpaired) electrons. The minimum absolute atomic E-state index is 0.130. The smallest absolute Gasteiger partial charge is 0.206 e. The summed E-state index contributed by atoms with van der Waals surface area (Å²) >= 11 is 3.79. The molecule has 0 aliphatic carbocycles. The molecule has 1 N–H and O–H groups in total. The molecule has 66 valence electrons. The monoisotopic (exact) mass is 205 g/mol. The van der Waals surface area contributed by atoms with E-state index in [1.165, 1.54) is 6.20 Å². The second-order valence-electron chi connectivity index (χ2n) is 2.43. The summed E-state index contributed by atoms with van der Waals surface area (Å²) in [5.74, 6) is 0. The maximum Gasteiger partial charge on any atom is 0.206 e. The average Bonchev–Trinajstić information content (AvgIpc) is 2.00. The van der Waals surface area contributed by atoms with E-state index in [9.17, 15) is 4.21 Å². The van der Waals surface area contributed by atoms with Gasteiger partial charge in [0.2, 0.25) is 11.1 Å². The van der Waals surface area contributed by atoms with Crippen molar-refractivity contribution < 1.29 is 8.76 Å². The van der Waals surface area contributed by atoms with E-state index < -0.39 is 11.1 Å². The lowest BCUT2D eigenvalue weighted by Gasteiger charge is -2.04. The number of rotatable bonds is 1. The number of nitrogens with zero attached hydrogens (tertiary/aromatic N) is 1. The van der Waals surface area contributed by atoms with Crippen LogP contribution in [0.2, 0.25) is 5.02 Å². The van der Waals surface area contributed by atoms with Crippen LogP contribution in [0.4, 0.5) is 0 Å². The summed E-state index contributed by atoms with van der Waals surface area (Å²) < 4.78 is 19.4. The average molecular weight is 206 g/mol. The zero-order valence-corrected chi connectivity index (χ0v) is 8.24. The van der Waals surface area contributed by atoms with Gasteiger partial charge in [0.1, 0.15) is 0 Å². The van der Waals surface area contributed by atoms with Gasteiger partial charge in [-0.2, -0.15) is 0 Å². The largest absolute Gasteiger partial charge is 0.301 e. The number of hydrogen-bond donors (Lipinski definition) is 1. The highest BCUT2D eigenvalue weighted by Gasteiger charge is 2.10. The molecule has 0 amide bonds. The fourth-order valence-electron chi connectivity index (χ4n) is 0.875. The van der Waals surface area contributed by atoms with E-state index in [0.717, 1.165) is 5.56 Å². The lowest BCUT2D eigenvalue weighted by atomic mass is 10.2. The van der Waals surface area contributed by atoms with E-state index in [2.05, 4.69) is 4.98 Å². The molecule has 0 bridgehead atoms. The molecule has 0 saturated carbocycles. The van der Waals surface area contributed by atoms with Crippen LogP contribution in [-0.4, -0.2) is 13.7 Å². The minimum Gasteiger partial charge on any atom is -0.301 e. The molecule has 3 nitrogen and oxygen atoms in total. The standard InChI is InChI=1S/C7H8ClNO2S/c1-4-3-9-7(12(10)11)5(2)6(4)8/h3H,1-2H3,(H,10,11). The van der Waals surface area contributed by atoms with Gasteiger partial charge in [0, 0.05) is 11.8 Å². The number of aryl methyl sites for hydroxylation is 1. The topological polar surface area (TPSA) is 50.2 Å². The van der Waals surface area contributed by atoms with Gasteiger partial charge in [-0.25, -0.2) is 9.19 Å². The summed E-state index contributed by atoms with van der Waals surface area (Å²) in [6.45, 7) is 3.47. The van der Waals surface area contributed by atoms with Crippen molar-refractivity contribution in [2.24, 2.45) is 0 Å². The Labute approximate surface area is 78.1 Å². The van der Waals surface area contributed by atoms with Gasteiger partial charge in [-0.05, 0) is 19.4 Å². The number of aromatic nitrogens is 1. The van der Waals surface area contributed by atoms with Crippen molar-refractivity contribution in [2.45, 2.75) is 18.9 Å². The van der Waals surface area contributed by atoms with Gasteiger partial charge >= 0.3 is 0 Å². The van der Waals surface area contributed by atoms with Crippen LogP contribution in [0.1, 0.15) is 11.1 Å². The third-order valence-corrected chi connectivity index (χ3v) is 2.86. The molecule has 1 aromatic heterocycles. The number of hydrogen-bond acceptors (Lipinski definition) is 2. The second-order valence-corrected chi connectivity index (χ2v) is 3.70. The molecule has 1 aromatic rings. The summed E-state index contributed by atoms with van der Waals surface area (Å²) in [4.78, 5) is 3.80. The van der Waals surface area contributed by atoms with E-state index in [1.807, 2.05) is 0 Å². The number of halogens is 1. The Hall–Kier alpha value is -0.450. The van der Waals surface area contributed by atoms with Gasteiger partial charge in [0.25, 0.3) is 0 Å². The van der Waals surface area contributed by atoms with Crippen LogP contribution < -0.4 is 0 Å². The van der Waals surface area contributed by atoms with Crippen molar-refractivity contribution in [3.8, 4) is 0 Å². The molecule has 0 spiro atoms. The molecule has 0 aliphatic rings. The lowest BCUT2D eigenvalue weighted by molar-refractivity contribution is 0.559. The molecule has 0 saturated heterocycles. The Morgan fingerprint density at radius 1 is 1.58 bits per heavy atom. The highest BCUT2D eigenvalue weighted by atomic mass is 35.5. The quantitative estimate of drug-likeness (QED) is 0.713. The van der Waals surface area contributed by atoms with E-state index in [4.69, 9.17) is 16.2 Å². The Kier molecular flexibility index (Phi) is 2.82. The van der Waals surface area contributed by atoms with E-state index in [-0.39, 0.29) is 5.03 Å². The molecule has 1 heterocycles. The fourth-order valence-corrected chi connectivity index (χ4v) is 1.58. The maximum absolute atomic E-state index is 10.7. The first-order valence-corrected chi connectivity index (χ1v) is 4.75. The highest BCUT2D eigenvalue weighted by Crippen LogP contribution is 2.22. The van der Waals surface area contributed by atoms with Crippen molar-refractivity contribution in [3.63, 3.8) is 0 Å². The van der Waals surface area contributed by atoms with Crippen molar-refractivity contribution in [1.82, 2.24) is 4.98 Å². The molecular formula is C7H8ClNO2S. The third kappa shape index (κ3) is 1.65. The first-order valence-electron chi connectivity index (χ1n) is 3.26. The molecule has 1 unspecified atom stereocenters. The molecule has 1 atom stereocenters. The molecule has 5 heteroatoms. The molecule has 1 rings (SSSR count). The van der Waals surface area contributed by atoms with Crippen LogP contribution in [0.25, 0.3) is 0 Å². The summed E-state index contributed by atoms with van der Waals surface area (Å²) in [5.41, 5.74) is 1.38.